The molecule has 21 heavy (non-hydrogen) atoms. The first-order chi connectivity index (χ1) is 9.79. The fraction of sp³-hybridized carbons (Fsp3) is 0.0714. The van der Waals surface area contributed by atoms with Gasteiger partial charge in [0.15, 0.2) is 0 Å². The Balaban J connectivity index is 2.36. The van der Waals surface area contributed by atoms with Crippen molar-refractivity contribution in [3.8, 4) is 0 Å². The van der Waals surface area contributed by atoms with Crippen LogP contribution in [-0.4, -0.2) is 5.91 Å². The van der Waals surface area contributed by atoms with Gasteiger partial charge in [-0.25, -0.2) is 0 Å². The van der Waals surface area contributed by atoms with Gasteiger partial charge in [-0.15, -0.1) is 0 Å². The first kappa shape index (κ1) is 15.7. The fourth-order valence-electron chi connectivity index (χ4n) is 1.71. The molecule has 0 atom stereocenters. The van der Waals surface area contributed by atoms with Gasteiger partial charge in [0, 0.05) is 5.02 Å². The van der Waals surface area contributed by atoms with E-state index >= 15 is 0 Å². The van der Waals surface area contributed by atoms with Gasteiger partial charge in [0.05, 0.1) is 21.8 Å². The summed E-state index contributed by atoms with van der Waals surface area (Å²) in [7, 11) is 0. The van der Waals surface area contributed by atoms with E-state index in [4.69, 9.17) is 23.2 Å². The Morgan fingerprint density at radius 1 is 1.05 bits per heavy atom. The second kappa shape index (κ2) is 5.95. The lowest BCUT2D eigenvalue weighted by atomic mass is 10.1. The Bertz CT molecular complexity index is 686. The van der Waals surface area contributed by atoms with E-state index in [1.54, 1.807) is 0 Å². The van der Waals surface area contributed by atoms with Crippen molar-refractivity contribution < 1.29 is 18.0 Å². The molecule has 0 radical (unpaired) electrons. The maximum Gasteiger partial charge on any atom is 0.417 e. The molecule has 1 amide bonds. The highest BCUT2D eigenvalue weighted by Gasteiger charge is 2.34. The molecule has 0 fully saturated rings. The SMILES string of the molecule is O=C(Nc1cc(Cl)ccc1Cl)c1ccccc1C(F)(F)F. The molecule has 0 aliphatic heterocycles. The van der Waals surface area contributed by atoms with Crippen LogP contribution < -0.4 is 5.32 Å². The second-order valence-electron chi connectivity index (χ2n) is 4.12. The highest BCUT2D eigenvalue weighted by Crippen LogP contribution is 2.33. The highest BCUT2D eigenvalue weighted by molar-refractivity contribution is 6.35. The van der Waals surface area contributed by atoms with Crippen LogP contribution in [0.1, 0.15) is 15.9 Å². The third-order valence-corrected chi connectivity index (χ3v) is 3.22. The van der Waals surface area contributed by atoms with Gasteiger partial charge in [0.1, 0.15) is 0 Å². The van der Waals surface area contributed by atoms with Crippen molar-refractivity contribution in [2.75, 3.05) is 5.32 Å². The summed E-state index contributed by atoms with van der Waals surface area (Å²) in [6.07, 6.45) is -4.62. The summed E-state index contributed by atoms with van der Waals surface area (Å²) in [6.45, 7) is 0. The molecule has 2 rings (SSSR count). The molecule has 0 aliphatic rings. The quantitative estimate of drug-likeness (QED) is 0.797. The zero-order chi connectivity index (χ0) is 15.6. The summed E-state index contributed by atoms with van der Waals surface area (Å²) in [5.41, 5.74) is -1.35. The third kappa shape index (κ3) is 3.68. The summed E-state index contributed by atoms with van der Waals surface area (Å²) in [6, 6.07) is 8.80. The average molecular weight is 334 g/mol. The molecule has 2 aromatic rings. The summed E-state index contributed by atoms with van der Waals surface area (Å²) in [5.74, 6) is -0.910. The lowest BCUT2D eigenvalue weighted by Crippen LogP contribution is -2.18. The van der Waals surface area contributed by atoms with Crippen LogP contribution in [-0.2, 0) is 6.18 Å². The van der Waals surface area contributed by atoms with Gasteiger partial charge in [-0.3, -0.25) is 4.79 Å². The maximum absolute atomic E-state index is 12.9. The Morgan fingerprint density at radius 3 is 2.38 bits per heavy atom. The number of nitrogens with one attached hydrogen (secondary N) is 1. The van der Waals surface area contributed by atoms with E-state index in [0.29, 0.717) is 5.02 Å². The van der Waals surface area contributed by atoms with E-state index in [0.717, 1.165) is 12.1 Å². The maximum atomic E-state index is 12.9. The lowest BCUT2D eigenvalue weighted by Gasteiger charge is -2.13. The molecule has 0 aromatic heterocycles. The fourth-order valence-corrected chi connectivity index (χ4v) is 2.05. The molecule has 0 spiro atoms. The molecule has 0 heterocycles. The van der Waals surface area contributed by atoms with Gasteiger partial charge in [-0.05, 0) is 30.3 Å². The third-order valence-electron chi connectivity index (χ3n) is 2.65. The number of carbonyl (C=O) groups excluding carboxylic acids is 1. The minimum Gasteiger partial charge on any atom is -0.321 e. The molecule has 7 heteroatoms. The highest BCUT2D eigenvalue weighted by atomic mass is 35.5. The summed E-state index contributed by atoms with van der Waals surface area (Å²) in [4.78, 5) is 12.0. The number of rotatable bonds is 2. The molecule has 0 saturated heterocycles. The standard InChI is InChI=1S/C14H8Cl2F3NO/c15-8-5-6-11(16)12(7-8)20-13(21)9-3-1-2-4-10(9)14(17,18)19/h1-7H,(H,20,21). The zero-order valence-electron chi connectivity index (χ0n) is 10.3. The number of alkyl halides is 3. The van der Waals surface area contributed by atoms with Crippen molar-refractivity contribution in [1.82, 2.24) is 0 Å². The van der Waals surface area contributed by atoms with Crippen molar-refractivity contribution >= 4 is 34.8 Å². The number of hydrogen-bond donors (Lipinski definition) is 1. The van der Waals surface area contributed by atoms with E-state index in [1.165, 1.54) is 30.3 Å². The molecule has 2 nitrogen and oxygen atoms in total. The van der Waals surface area contributed by atoms with Gasteiger partial charge in [-0.2, -0.15) is 13.2 Å². The monoisotopic (exact) mass is 333 g/mol. The molecular weight excluding hydrogens is 326 g/mol. The van der Waals surface area contributed by atoms with Crippen LogP contribution in [0.3, 0.4) is 0 Å². The predicted octanol–water partition coefficient (Wildman–Crippen LogP) is 5.26. The van der Waals surface area contributed by atoms with Crippen LogP contribution in [0.15, 0.2) is 42.5 Å². The molecule has 0 bridgehead atoms. The molecular formula is C14H8Cl2F3NO. The normalized spacial score (nSPS) is 11.3. The van der Waals surface area contributed by atoms with E-state index in [1.807, 2.05) is 0 Å². The minimum absolute atomic E-state index is 0.145. The number of carbonyl (C=O) groups is 1. The van der Waals surface area contributed by atoms with E-state index in [9.17, 15) is 18.0 Å². The van der Waals surface area contributed by atoms with Gasteiger partial charge in [0.2, 0.25) is 0 Å². The van der Waals surface area contributed by atoms with Crippen molar-refractivity contribution in [2.45, 2.75) is 6.18 Å². The first-order valence-corrected chi connectivity index (χ1v) is 6.47. The molecule has 0 unspecified atom stereocenters. The molecule has 110 valence electrons. The first-order valence-electron chi connectivity index (χ1n) is 5.71. The van der Waals surface area contributed by atoms with E-state index < -0.39 is 23.2 Å². The van der Waals surface area contributed by atoms with Crippen molar-refractivity contribution in [1.29, 1.82) is 0 Å². The average Bonchev–Trinajstić information content (AvgIpc) is 2.42. The Labute approximate surface area is 128 Å². The molecule has 0 aliphatic carbocycles. The van der Waals surface area contributed by atoms with Crippen molar-refractivity contribution in [3.63, 3.8) is 0 Å². The number of hydrogen-bond acceptors (Lipinski definition) is 1. The van der Waals surface area contributed by atoms with Crippen LogP contribution in [0.25, 0.3) is 0 Å². The number of halogens is 5. The second-order valence-corrected chi connectivity index (χ2v) is 4.97. The predicted molar refractivity (Wildman–Crippen MR) is 75.9 cm³/mol. The number of anilines is 1. The topological polar surface area (TPSA) is 29.1 Å². The number of amides is 1. The van der Waals surface area contributed by atoms with E-state index in [2.05, 4.69) is 5.32 Å². The van der Waals surface area contributed by atoms with Crippen molar-refractivity contribution in [3.05, 3.63) is 63.6 Å². The van der Waals surface area contributed by atoms with E-state index in [-0.39, 0.29) is 10.7 Å². The molecule has 2 aromatic carbocycles. The van der Waals surface area contributed by atoms with Crippen molar-refractivity contribution in [2.24, 2.45) is 0 Å². The van der Waals surface area contributed by atoms with Crippen LogP contribution >= 0.6 is 23.2 Å². The summed E-state index contributed by atoms with van der Waals surface area (Å²) in [5, 5.41) is 2.81. The van der Waals surface area contributed by atoms with Crippen LogP contribution in [0.4, 0.5) is 18.9 Å². The summed E-state index contributed by atoms with van der Waals surface area (Å²) < 4.78 is 38.6. The molecule has 1 N–H and O–H groups in total. The van der Waals surface area contributed by atoms with Gasteiger partial charge < -0.3 is 5.32 Å². The largest absolute Gasteiger partial charge is 0.417 e. The summed E-state index contributed by atoms with van der Waals surface area (Å²) >= 11 is 11.6. The van der Waals surface area contributed by atoms with Gasteiger partial charge >= 0.3 is 6.18 Å². The van der Waals surface area contributed by atoms with Gasteiger partial charge in [0.25, 0.3) is 5.91 Å². The minimum atomic E-state index is -4.62. The van der Waals surface area contributed by atoms with Crippen LogP contribution in [0, 0.1) is 0 Å². The smallest absolute Gasteiger partial charge is 0.321 e. The van der Waals surface area contributed by atoms with Gasteiger partial charge in [-0.1, -0.05) is 35.3 Å². The Morgan fingerprint density at radius 2 is 1.71 bits per heavy atom. The lowest BCUT2D eigenvalue weighted by molar-refractivity contribution is -0.137. The Hall–Kier alpha value is -1.72. The van der Waals surface area contributed by atoms with Crippen LogP contribution in [0.5, 0.6) is 0 Å². The number of benzene rings is 2. The van der Waals surface area contributed by atoms with Crippen LogP contribution in [0.2, 0.25) is 10.0 Å². The molecule has 0 saturated carbocycles. The zero-order valence-corrected chi connectivity index (χ0v) is 11.9. The Kier molecular flexibility index (Phi) is 4.44.